The molecule has 0 aliphatic carbocycles. The van der Waals surface area contributed by atoms with Crippen LogP contribution < -0.4 is 4.74 Å². The molecule has 2 saturated heterocycles. The van der Waals surface area contributed by atoms with Gasteiger partial charge in [-0.3, -0.25) is 19.4 Å². The van der Waals surface area contributed by atoms with Crippen molar-refractivity contribution in [2.45, 2.75) is 45.1 Å². The van der Waals surface area contributed by atoms with E-state index in [1.54, 1.807) is 7.11 Å². The van der Waals surface area contributed by atoms with Gasteiger partial charge in [-0.2, -0.15) is 0 Å². The van der Waals surface area contributed by atoms with Crippen molar-refractivity contribution < 1.29 is 14.3 Å². The van der Waals surface area contributed by atoms with Crippen molar-refractivity contribution in [1.29, 1.82) is 0 Å². The van der Waals surface area contributed by atoms with Gasteiger partial charge in [0.15, 0.2) is 0 Å². The molecule has 2 aliphatic rings. The molecule has 0 bridgehead atoms. The SMILES string of the molecule is CCN1C(=O)CC(N2CCC(CCc3ccc(OC)cc3)CC2)C1=O. The van der Waals surface area contributed by atoms with Crippen LogP contribution in [0.1, 0.15) is 38.2 Å². The number of methoxy groups -OCH3 is 1. The first-order valence-electron chi connectivity index (χ1n) is 9.33. The molecular weight excluding hydrogens is 316 g/mol. The van der Waals surface area contributed by atoms with Crippen LogP contribution in [-0.2, 0) is 16.0 Å². The molecule has 25 heavy (non-hydrogen) atoms. The van der Waals surface area contributed by atoms with E-state index in [0.717, 1.165) is 38.1 Å². The molecule has 1 atom stereocenters. The molecule has 0 saturated carbocycles. The van der Waals surface area contributed by atoms with Crippen molar-refractivity contribution in [3.63, 3.8) is 0 Å². The lowest BCUT2D eigenvalue weighted by molar-refractivity contribution is -0.139. The maximum absolute atomic E-state index is 12.3. The highest BCUT2D eigenvalue weighted by atomic mass is 16.5. The normalized spacial score (nSPS) is 22.6. The van der Waals surface area contributed by atoms with Gasteiger partial charge in [0.25, 0.3) is 0 Å². The van der Waals surface area contributed by atoms with Crippen LogP contribution in [0, 0.1) is 5.92 Å². The molecule has 2 heterocycles. The Balaban J connectivity index is 1.45. The second kappa shape index (κ2) is 8.00. The summed E-state index contributed by atoms with van der Waals surface area (Å²) in [6.45, 7) is 4.21. The lowest BCUT2D eigenvalue weighted by Crippen LogP contribution is -2.45. The van der Waals surface area contributed by atoms with Gasteiger partial charge in [0.2, 0.25) is 11.8 Å². The third-order valence-electron chi connectivity index (χ3n) is 5.63. The molecule has 0 radical (unpaired) electrons. The quantitative estimate of drug-likeness (QED) is 0.744. The Morgan fingerprint density at radius 2 is 1.80 bits per heavy atom. The minimum absolute atomic E-state index is 0.00387. The van der Waals surface area contributed by atoms with Gasteiger partial charge < -0.3 is 4.74 Å². The minimum Gasteiger partial charge on any atom is -0.497 e. The molecule has 5 nitrogen and oxygen atoms in total. The lowest BCUT2D eigenvalue weighted by Gasteiger charge is -2.34. The van der Waals surface area contributed by atoms with Crippen LogP contribution in [0.5, 0.6) is 5.75 Å². The number of amides is 2. The Kier molecular flexibility index (Phi) is 5.74. The van der Waals surface area contributed by atoms with Crippen LogP contribution in [0.2, 0.25) is 0 Å². The predicted molar refractivity (Wildman–Crippen MR) is 96.4 cm³/mol. The summed E-state index contributed by atoms with van der Waals surface area (Å²) in [5, 5.41) is 0. The number of imide groups is 1. The summed E-state index contributed by atoms with van der Waals surface area (Å²) in [5.74, 6) is 1.59. The fourth-order valence-electron chi connectivity index (χ4n) is 4.00. The van der Waals surface area contributed by atoms with Crippen LogP contribution in [0.3, 0.4) is 0 Å². The van der Waals surface area contributed by atoms with E-state index in [2.05, 4.69) is 17.0 Å². The number of carbonyl (C=O) groups is 2. The second-order valence-electron chi connectivity index (χ2n) is 7.06. The standard InChI is InChI=1S/C20H28N2O3/c1-3-22-19(23)14-18(20(22)24)21-12-10-16(11-13-21)5-4-15-6-8-17(25-2)9-7-15/h6-9,16,18H,3-5,10-14H2,1-2H3. The van der Waals surface area contributed by atoms with E-state index >= 15 is 0 Å². The Hall–Kier alpha value is -1.88. The van der Waals surface area contributed by atoms with Gasteiger partial charge in [-0.15, -0.1) is 0 Å². The largest absolute Gasteiger partial charge is 0.497 e. The smallest absolute Gasteiger partial charge is 0.247 e. The van der Waals surface area contributed by atoms with Gasteiger partial charge in [-0.1, -0.05) is 12.1 Å². The van der Waals surface area contributed by atoms with Crippen molar-refractivity contribution >= 4 is 11.8 Å². The predicted octanol–water partition coefficient (Wildman–Crippen LogP) is 2.49. The van der Waals surface area contributed by atoms with Gasteiger partial charge in [0.05, 0.1) is 19.6 Å². The van der Waals surface area contributed by atoms with Gasteiger partial charge in [-0.25, -0.2) is 0 Å². The van der Waals surface area contributed by atoms with E-state index in [9.17, 15) is 9.59 Å². The van der Waals surface area contributed by atoms with Crippen molar-refractivity contribution in [2.24, 2.45) is 5.92 Å². The van der Waals surface area contributed by atoms with Crippen LogP contribution in [0.15, 0.2) is 24.3 Å². The summed E-state index contributed by atoms with van der Waals surface area (Å²) in [6.07, 6.45) is 4.85. The maximum atomic E-state index is 12.3. The first-order valence-corrected chi connectivity index (χ1v) is 9.33. The number of hydrogen-bond donors (Lipinski definition) is 0. The molecule has 1 aromatic rings. The summed E-state index contributed by atoms with van der Waals surface area (Å²) in [4.78, 5) is 27.9. The molecule has 1 unspecified atom stereocenters. The number of carbonyl (C=O) groups excluding carboxylic acids is 2. The molecule has 0 aromatic heterocycles. The van der Waals surface area contributed by atoms with Crippen LogP contribution in [0.4, 0.5) is 0 Å². The maximum Gasteiger partial charge on any atom is 0.247 e. The van der Waals surface area contributed by atoms with E-state index in [1.165, 1.54) is 16.9 Å². The second-order valence-corrected chi connectivity index (χ2v) is 7.06. The first-order chi connectivity index (χ1) is 12.1. The van der Waals surface area contributed by atoms with Crippen molar-refractivity contribution in [3.05, 3.63) is 29.8 Å². The van der Waals surface area contributed by atoms with E-state index < -0.39 is 0 Å². The van der Waals surface area contributed by atoms with E-state index in [0.29, 0.717) is 18.9 Å². The molecule has 2 aliphatic heterocycles. The van der Waals surface area contributed by atoms with Crippen molar-refractivity contribution in [2.75, 3.05) is 26.7 Å². The fraction of sp³-hybridized carbons (Fsp3) is 0.600. The number of piperidine rings is 1. The molecule has 0 N–H and O–H groups in total. The molecule has 3 rings (SSSR count). The third kappa shape index (κ3) is 4.03. The highest BCUT2D eigenvalue weighted by molar-refractivity contribution is 6.05. The summed E-state index contributed by atoms with van der Waals surface area (Å²) >= 11 is 0. The number of nitrogens with zero attached hydrogens (tertiary/aromatic N) is 2. The molecular formula is C20H28N2O3. The fourth-order valence-corrected chi connectivity index (χ4v) is 4.00. The van der Waals surface area contributed by atoms with Gasteiger partial charge in [0.1, 0.15) is 5.75 Å². The monoisotopic (exact) mass is 344 g/mol. The van der Waals surface area contributed by atoms with E-state index in [-0.39, 0.29) is 17.9 Å². The molecule has 5 heteroatoms. The highest BCUT2D eigenvalue weighted by Gasteiger charge is 2.41. The van der Waals surface area contributed by atoms with Crippen molar-refractivity contribution in [1.82, 2.24) is 9.80 Å². The number of benzene rings is 1. The summed E-state index contributed by atoms with van der Waals surface area (Å²) in [5.41, 5.74) is 1.35. The summed E-state index contributed by atoms with van der Waals surface area (Å²) in [6, 6.07) is 8.09. The zero-order valence-electron chi connectivity index (χ0n) is 15.2. The lowest BCUT2D eigenvalue weighted by atomic mass is 9.90. The van der Waals surface area contributed by atoms with Gasteiger partial charge in [0, 0.05) is 6.54 Å². The molecule has 2 fully saturated rings. The number of likely N-dealkylation sites (N-methyl/N-ethyl adjacent to an activating group) is 1. The van der Waals surface area contributed by atoms with Crippen LogP contribution in [0.25, 0.3) is 0 Å². The molecule has 0 spiro atoms. The number of aryl methyl sites for hydroxylation is 1. The van der Waals surface area contributed by atoms with Gasteiger partial charge in [-0.05, 0) is 69.3 Å². The van der Waals surface area contributed by atoms with Crippen LogP contribution >= 0.6 is 0 Å². The highest BCUT2D eigenvalue weighted by Crippen LogP contribution is 2.27. The van der Waals surface area contributed by atoms with E-state index in [1.807, 2.05) is 19.1 Å². The Labute approximate surface area is 149 Å². The number of likely N-dealkylation sites (tertiary alicyclic amines) is 2. The van der Waals surface area contributed by atoms with Gasteiger partial charge >= 0.3 is 0 Å². The molecule has 136 valence electrons. The number of rotatable bonds is 6. The summed E-state index contributed by atoms with van der Waals surface area (Å²) in [7, 11) is 1.69. The minimum atomic E-state index is -0.213. The molecule has 1 aromatic carbocycles. The summed E-state index contributed by atoms with van der Waals surface area (Å²) < 4.78 is 5.20. The van der Waals surface area contributed by atoms with Crippen molar-refractivity contribution in [3.8, 4) is 5.75 Å². The Morgan fingerprint density at radius 1 is 1.12 bits per heavy atom. The van der Waals surface area contributed by atoms with Crippen LogP contribution in [-0.4, -0.2) is 54.4 Å². The third-order valence-corrected chi connectivity index (χ3v) is 5.63. The zero-order chi connectivity index (χ0) is 17.8. The molecule has 2 amide bonds. The first kappa shape index (κ1) is 17.9. The Morgan fingerprint density at radius 3 is 2.36 bits per heavy atom. The van der Waals surface area contributed by atoms with E-state index in [4.69, 9.17) is 4.74 Å². The number of ether oxygens (including phenoxy) is 1. The average molecular weight is 344 g/mol. The zero-order valence-corrected chi connectivity index (χ0v) is 15.2. The average Bonchev–Trinajstić information content (AvgIpc) is 2.94. The topological polar surface area (TPSA) is 49.9 Å². The Bertz CT molecular complexity index is 606. The number of hydrogen-bond acceptors (Lipinski definition) is 4.